The van der Waals surface area contributed by atoms with Crippen LogP contribution in [-0.4, -0.2) is 53.9 Å². The highest BCUT2D eigenvalue weighted by Crippen LogP contribution is 2.19. The van der Waals surface area contributed by atoms with Gasteiger partial charge < -0.3 is 25.7 Å². The molecule has 0 aliphatic carbocycles. The minimum absolute atomic E-state index is 0.0386. The first-order valence-electron chi connectivity index (χ1n) is 11.5. The fourth-order valence-corrected chi connectivity index (χ4v) is 4.27. The third kappa shape index (κ3) is 5.87. The molecule has 2 heterocycles. The fourth-order valence-electron chi connectivity index (χ4n) is 4.27. The molecule has 4 N–H and O–H groups in total. The molecule has 182 valence electrons. The Morgan fingerprint density at radius 2 is 1.66 bits per heavy atom. The van der Waals surface area contributed by atoms with E-state index in [9.17, 15) is 19.2 Å². The first-order chi connectivity index (χ1) is 16.9. The molecule has 9 heteroatoms. The van der Waals surface area contributed by atoms with E-state index in [0.717, 1.165) is 22.0 Å². The number of aromatic nitrogens is 1. The van der Waals surface area contributed by atoms with Crippen LogP contribution in [0.4, 0.5) is 0 Å². The van der Waals surface area contributed by atoms with Gasteiger partial charge in [0.25, 0.3) is 0 Å². The number of para-hydroxylation sites is 1. The van der Waals surface area contributed by atoms with Gasteiger partial charge in [0, 0.05) is 36.4 Å². The van der Waals surface area contributed by atoms with Crippen molar-refractivity contribution in [3.8, 4) is 0 Å². The van der Waals surface area contributed by atoms with E-state index in [2.05, 4.69) is 20.9 Å². The van der Waals surface area contributed by atoms with E-state index in [1.165, 1.54) is 7.11 Å². The Morgan fingerprint density at radius 1 is 0.971 bits per heavy atom. The van der Waals surface area contributed by atoms with Crippen molar-refractivity contribution in [1.29, 1.82) is 0 Å². The minimum atomic E-state index is -0.878. The van der Waals surface area contributed by atoms with Crippen molar-refractivity contribution in [2.24, 2.45) is 0 Å². The molecular weight excluding hydrogens is 448 g/mol. The SMILES string of the molecule is COC(=O)[C@@H](Cc1c[nH]c2ccccc12)NC(=O)CC[C@H]1NC(=O)[C@@H](Cc2ccccc2)NC1=O. The molecule has 0 saturated carbocycles. The Kier molecular flexibility index (Phi) is 7.45. The molecular formula is C26H28N4O5. The van der Waals surface area contributed by atoms with Gasteiger partial charge in [0.15, 0.2) is 0 Å². The van der Waals surface area contributed by atoms with Gasteiger partial charge in [0.1, 0.15) is 18.1 Å². The van der Waals surface area contributed by atoms with Gasteiger partial charge in [-0.3, -0.25) is 14.4 Å². The molecule has 35 heavy (non-hydrogen) atoms. The van der Waals surface area contributed by atoms with Crippen LogP contribution in [0.15, 0.2) is 60.8 Å². The van der Waals surface area contributed by atoms with Crippen molar-refractivity contribution in [3.05, 3.63) is 71.9 Å². The first-order valence-corrected chi connectivity index (χ1v) is 11.5. The van der Waals surface area contributed by atoms with Crippen LogP contribution in [0.3, 0.4) is 0 Å². The van der Waals surface area contributed by atoms with E-state index in [4.69, 9.17) is 4.74 Å². The smallest absolute Gasteiger partial charge is 0.328 e. The molecule has 1 aliphatic heterocycles. The van der Waals surface area contributed by atoms with Gasteiger partial charge in [-0.25, -0.2) is 4.79 Å². The lowest BCUT2D eigenvalue weighted by Gasteiger charge is -2.29. The van der Waals surface area contributed by atoms with Gasteiger partial charge in [0.05, 0.1) is 7.11 Å². The van der Waals surface area contributed by atoms with Crippen molar-refractivity contribution in [3.63, 3.8) is 0 Å². The molecule has 1 aliphatic rings. The predicted molar refractivity (Wildman–Crippen MR) is 129 cm³/mol. The lowest BCUT2D eigenvalue weighted by Crippen LogP contribution is -2.62. The predicted octanol–water partition coefficient (Wildman–Crippen LogP) is 1.37. The Labute approximate surface area is 202 Å². The van der Waals surface area contributed by atoms with Crippen LogP contribution in [0, 0.1) is 0 Å². The van der Waals surface area contributed by atoms with Crippen molar-refractivity contribution >= 4 is 34.6 Å². The molecule has 0 unspecified atom stereocenters. The average molecular weight is 477 g/mol. The zero-order valence-corrected chi connectivity index (χ0v) is 19.4. The maximum absolute atomic E-state index is 12.6. The Bertz CT molecular complexity index is 1220. The van der Waals surface area contributed by atoms with Crippen molar-refractivity contribution in [1.82, 2.24) is 20.9 Å². The quantitative estimate of drug-likeness (QED) is 0.347. The standard InChI is InChI=1S/C26H28N4O5/c1-35-26(34)22(14-17-15-27-19-10-6-5-9-18(17)19)28-23(31)12-11-20-24(32)30-21(25(33)29-20)13-16-7-3-2-4-8-16/h2-10,15,20-22,27H,11-14H2,1H3,(H,28,31)(H,29,33)(H,30,32)/t20-,21-,22-/m1/s1. The van der Waals surface area contributed by atoms with Crippen LogP contribution in [0.5, 0.6) is 0 Å². The number of amides is 3. The summed E-state index contributed by atoms with van der Waals surface area (Å²) in [6.07, 6.45) is 2.52. The van der Waals surface area contributed by atoms with E-state index in [0.29, 0.717) is 6.42 Å². The second kappa shape index (κ2) is 10.9. The molecule has 1 fully saturated rings. The minimum Gasteiger partial charge on any atom is -0.467 e. The summed E-state index contributed by atoms with van der Waals surface area (Å²) in [5.41, 5.74) is 2.75. The van der Waals surface area contributed by atoms with E-state index in [1.807, 2.05) is 54.6 Å². The maximum atomic E-state index is 12.6. The molecule has 9 nitrogen and oxygen atoms in total. The van der Waals surface area contributed by atoms with Gasteiger partial charge in [-0.1, -0.05) is 48.5 Å². The highest BCUT2D eigenvalue weighted by atomic mass is 16.5. The van der Waals surface area contributed by atoms with Gasteiger partial charge in [-0.15, -0.1) is 0 Å². The van der Waals surface area contributed by atoms with E-state index in [-0.39, 0.29) is 31.1 Å². The second-order valence-corrected chi connectivity index (χ2v) is 8.56. The molecule has 0 bridgehead atoms. The number of hydrogen-bond acceptors (Lipinski definition) is 5. The average Bonchev–Trinajstić information content (AvgIpc) is 3.27. The molecule has 1 saturated heterocycles. The zero-order valence-electron chi connectivity index (χ0n) is 19.4. The van der Waals surface area contributed by atoms with Gasteiger partial charge >= 0.3 is 5.97 Å². The number of carbonyl (C=O) groups is 4. The van der Waals surface area contributed by atoms with Crippen molar-refractivity contribution in [2.75, 3.05) is 7.11 Å². The van der Waals surface area contributed by atoms with Gasteiger partial charge in [-0.05, 0) is 23.6 Å². The molecule has 0 radical (unpaired) electrons. The summed E-state index contributed by atoms with van der Waals surface area (Å²) < 4.78 is 4.88. The number of esters is 1. The third-order valence-electron chi connectivity index (χ3n) is 6.13. The topological polar surface area (TPSA) is 129 Å². The Morgan fingerprint density at radius 3 is 2.43 bits per heavy atom. The Hall–Kier alpha value is -4.14. The molecule has 3 aromatic rings. The zero-order chi connectivity index (χ0) is 24.8. The largest absolute Gasteiger partial charge is 0.467 e. The molecule has 4 rings (SSSR count). The maximum Gasteiger partial charge on any atom is 0.328 e. The molecule has 3 atom stereocenters. The van der Waals surface area contributed by atoms with Crippen LogP contribution < -0.4 is 16.0 Å². The Balaban J connectivity index is 1.31. The highest BCUT2D eigenvalue weighted by Gasteiger charge is 2.34. The van der Waals surface area contributed by atoms with E-state index < -0.39 is 30.0 Å². The third-order valence-corrected chi connectivity index (χ3v) is 6.13. The van der Waals surface area contributed by atoms with Gasteiger partial charge in [-0.2, -0.15) is 0 Å². The molecule has 2 aromatic carbocycles. The van der Waals surface area contributed by atoms with Crippen LogP contribution in [0.25, 0.3) is 10.9 Å². The summed E-state index contributed by atoms with van der Waals surface area (Å²) in [5.74, 6) is -1.59. The van der Waals surface area contributed by atoms with E-state index >= 15 is 0 Å². The van der Waals surface area contributed by atoms with Crippen LogP contribution in [-0.2, 0) is 36.8 Å². The van der Waals surface area contributed by atoms with Crippen molar-refractivity contribution < 1.29 is 23.9 Å². The molecule has 1 aromatic heterocycles. The number of fused-ring (bicyclic) bond motifs is 1. The second-order valence-electron chi connectivity index (χ2n) is 8.56. The normalized spacial score (nSPS) is 18.4. The molecule has 3 amide bonds. The highest BCUT2D eigenvalue weighted by molar-refractivity contribution is 5.97. The number of ether oxygens (including phenoxy) is 1. The number of hydrogen-bond donors (Lipinski definition) is 4. The van der Waals surface area contributed by atoms with Crippen LogP contribution in [0.2, 0.25) is 0 Å². The number of H-pyrrole nitrogens is 1. The molecule has 0 spiro atoms. The summed E-state index contributed by atoms with van der Waals surface area (Å²) in [5, 5.41) is 9.12. The summed E-state index contributed by atoms with van der Waals surface area (Å²) in [6.45, 7) is 0. The number of carbonyl (C=O) groups excluding carboxylic acids is 4. The number of piperazine rings is 1. The lowest BCUT2D eigenvalue weighted by molar-refractivity contribution is -0.145. The summed E-state index contributed by atoms with van der Waals surface area (Å²) in [6, 6.07) is 14.7. The number of nitrogens with one attached hydrogen (secondary N) is 4. The number of rotatable bonds is 9. The summed E-state index contributed by atoms with van der Waals surface area (Å²) in [7, 11) is 1.27. The van der Waals surface area contributed by atoms with Crippen LogP contribution >= 0.6 is 0 Å². The van der Waals surface area contributed by atoms with Gasteiger partial charge in [0.2, 0.25) is 17.7 Å². The summed E-state index contributed by atoms with van der Waals surface area (Å²) in [4.78, 5) is 53.1. The number of methoxy groups -OCH3 is 1. The number of aromatic amines is 1. The first kappa shape index (κ1) is 24.0. The monoisotopic (exact) mass is 476 g/mol. The van der Waals surface area contributed by atoms with Crippen molar-refractivity contribution in [2.45, 2.75) is 43.8 Å². The van der Waals surface area contributed by atoms with E-state index in [1.54, 1.807) is 6.20 Å². The fraction of sp³-hybridized carbons (Fsp3) is 0.308. The summed E-state index contributed by atoms with van der Waals surface area (Å²) >= 11 is 0. The van der Waals surface area contributed by atoms with Crippen LogP contribution in [0.1, 0.15) is 24.0 Å². The number of benzene rings is 2. The lowest BCUT2D eigenvalue weighted by atomic mass is 10.00.